The average Bonchev–Trinajstić information content (AvgIpc) is 3.40. The van der Waals surface area contributed by atoms with Crippen molar-refractivity contribution in [3.05, 3.63) is 69.7 Å². The van der Waals surface area contributed by atoms with Crippen molar-refractivity contribution in [2.45, 2.75) is 18.9 Å². The fraction of sp³-hybridized carbons (Fsp3) is 0.263. The van der Waals surface area contributed by atoms with Gasteiger partial charge in [0.05, 0.1) is 0 Å². The first kappa shape index (κ1) is 16.7. The summed E-state index contributed by atoms with van der Waals surface area (Å²) in [5.74, 6) is 0.317. The molecule has 0 radical (unpaired) electrons. The van der Waals surface area contributed by atoms with Gasteiger partial charge in [0, 0.05) is 29.5 Å². The van der Waals surface area contributed by atoms with Crippen LogP contribution in [0.4, 0.5) is 0 Å². The predicted octanol–water partition coefficient (Wildman–Crippen LogP) is 3.23. The number of carbonyl (C=O) groups is 2. The van der Waals surface area contributed by atoms with Gasteiger partial charge in [0.25, 0.3) is 5.91 Å². The van der Waals surface area contributed by atoms with E-state index in [2.05, 4.69) is 38.7 Å². The second-order valence-electron chi connectivity index (χ2n) is 6.00. The van der Waals surface area contributed by atoms with Gasteiger partial charge >= 0.3 is 0 Å². The number of rotatable bonds is 5. The Kier molecular flexibility index (Phi) is 5.00. The molecule has 2 amide bonds. The molecule has 2 unspecified atom stereocenters. The van der Waals surface area contributed by atoms with E-state index in [-0.39, 0.29) is 17.7 Å². The second kappa shape index (κ2) is 7.18. The number of nitrogens with one attached hydrogen (secondary N) is 2. The Morgan fingerprint density at radius 2 is 1.92 bits per heavy atom. The van der Waals surface area contributed by atoms with Gasteiger partial charge in [-0.3, -0.25) is 9.59 Å². The molecule has 2 N–H and O–H groups in total. The third-order valence-electron chi connectivity index (χ3n) is 4.31. The van der Waals surface area contributed by atoms with Crippen LogP contribution in [0.25, 0.3) is 0 Å². The molecule has 0 bridgehead atoms. The highest BCUT2D eigenvalue weighted by atomic mass is 79.9. The van der Waals surface area contributed by atoms with Gasteiger partial charge in [-0.1, -0.05) is 40.2 Å². The number of amides is 2. The van der Waals surface area contributed by atoms with Gasteiger partial charge in [-0.15, -0.1) is 0 Å². The normalized spacial score (nSPS) is 18.8. The Hall–Kier alpha value is -2.14. The van der Waals surface area contributed by atoms with Crippen molar-refractivity contribution < 1.29 is 9.59 Å². The number of hydrogen-bond acceptors (Lipinski definition) is 2. The van der Waals surface area contributed by atoms with E-state index in [0.717, 1.165) is 16.5 Å². The monoisotopic (exact) mass is 386 g/mol. The quantitative estimate of drug-likeness (QED) is 0.828. The first-order valence-corrected chi connectivity index (χ1v) is 8.72. The summed E-state index contributed by atoms with van der Waals surface area (Å²) in [6.07, 6.45) is 0.895. The number of carbonyl (C=O) groups excluding carboxylic acids is 2. The molecule has 1 saturated carbocycles. The van der Waals surface area contributed by atoms with E-state index in [1.165, 1.54) is 5.56 Å². The Labute approximate surface area is 149 Å². The fourth-order valence-corrected chi connectivity index (χ4v) is 3.11. The molecule has 0 saturated heterocycles. The van der Waals surface area contributed by atoms with Crippen LogP contribution in [0.15, 0.2) is 53.0 Å². The number of hydrogen-bond donors (Lipinski definition) is 2. The molecule has 0 heterocycles. The largest absolute Gasteiger partial charge is 0.355 e. The second-order valence-corrected chi connectivity index (χ2v) is 6.91. The van der Waals surface area contributed by atoms with Gasteiger partial charge in [0.1, 0.15) is 0 Å². The van der Waals surface area contributed by atoms with Crippen LogP contribution < -0.4 is 10.6 Å². The van der Waals surface area contributed by atoms with E-state index in [9.17, 15) is 9.59 Å². The first-order chi connectivity index (χ1) is 11.6. The molecule has 5 heteroatoms. The minimum absolute atomic E-state index is 0.0494. The molecule has 0 spiro atoms. The standard InChI is InChI=1S/C19H19BrN2O2/c1-21-18(23)14-4-2-3-12(9-14)11-22-19(24)17-10-16(17)13-5-7-15(20)8-6-13/h2-9,16-17H,10-11H2,1H3,(H,21,23)(H,22,24). The summed E-state index contributed by atoms with van der Waals surface area (Å²) < 4.78 is 1.05. The van der Waals surface area contributed by atoms with Crippen LogP contribution in [-0.4, -0.2) is 18.9 Å². The van der Waals surface area contributed by atoms with Gasteiger partial charge in [-0.05, 0) is 47.7 Å². The van der Waals surface area contributed by atoms with E-state index >= 15 is 0 Å². The third kappa shape index (κ3) is 3.85. The van der Waals surface area contributed by atoms with Crippen molar-refractivity contribution in [3.63, 3.8) is 0 Å². The molecule has 1 aliphatic rings. The lowest BCUT2D eigenvalue weighted by Crippen LogP contribution is -2.25. The summed E-state index contributed by atoms with van der Waals surface area (Å²) in [5.41, 5.74) is 2.73. The zero-order valence-electron chi connectivity index (χ0n) is 13.4. The molecule has 1 fully saturated rings. The molecule has 0 aromatic heterocycles. The van der Waals surface area contributed by atoms with Crippen LogP contribution in [-0.2, 0) is 11.3 Å². The van der Waals surface area contributed by atoms with Gasteiger partial charge in [-0.25, -0.2) is 0 Å². The Balaban J connectivity index is 1.55. The van der Waals surface area contributed by atoms with E-state index in [4.69, 9.17) is 0 Å². The zero-order chi connectivity index (χ0) is 17.1. The van der Waals surface area contributed by atoms with Crippen molar-refractivity contribution in [2.75, 3.05) is 7.05 Å². The molecule has 2 atom stereocenters. The van der Waals surface area contributed by atoms with Crippen molar-refractivity contribution in [1.29, 1.82) is 0 Å². The molecule has 2 aromatic carbocycles. The molecule has 0 aliphatic heterocycles. The highest BCUT2D eigenvalue weighted by molar-refractivity contribution is 9.10. The first-order valence-electron chi connectivity index (χ1n) is 7.92. The Bertz CT molecular complexity index is 758. The topological polar surface area (TPSA) is 58.2 Å². The fourth-order valence-electron chi connectivity index (χ4n) is 2.85. The van der Waals surface area contributed by atoms with E-state index < -0.39 is 0 Å². The number of halogens is 1. The third-order valence-corrected chi connectivity index (χ3v) is 4.84. The van der Waals surface area contributed by atoms with Crippen molar-refractivity contribution in [3.8, 4) is 0 Å². The van der Waals surface area contributed by atoms with Crippen LogP contribution in [0.2, 0.25) is 0 Å². The molecule has 1 aliphatic carbocycles. The summed E-state index contributed by atoms with van der Waals surface area (Å²) in [4.78, 5) is 23.9. The summed E-state index contributed by atoms with van der Waals surface area (Å²) in [5, 5.41) is 5.58. The Morgan fingerprint density at radius 3 is 2.62 bits per heavy atom. The maximum atomic E-state index is 12.3. The van der Waals surface area contributed by atoms with Crippen LogP contribution in [0.3, 0.4) is 0 Å². The van der Waals surface area contributed by atoms with Crippen LogP contribution in [0, 0.1) is 5.92 Å². The lowest BCUT2D eigenvalue weighted by Gasteiger charge is -2.07. The van der Waals surface area contributed by atoms with Crippen molar-refractivity contribution in [1.82, 2.24) is 10.6 Å². The van der Waals surface area contributed by atoms with E-state index in [1.807, 2.05) is 24.3 Å². The van der Waals surface area contributed by atoms with Crippen LogP contribution in [0.5, 0.6) is 0 Å². The molecule has 24 heavy (non-hydrogen) atoms. The average molecular weight is 387 g/mol. The van der Waals surface area contributed by atoms with Gasteiger partial charge in [0.15, 0.2) is 0 Å². The van der Waals surface area contributed by atoms with E-state index in [0.29, 0.717) is 18.0 Å². The SMILES string of the molecule is CNC(=O)c1cccc(CNC(=O)C2CC2c2ccc(Br)cc2)c1. The van der Waals surface area contributed by atoms with E-state index in [1.54, 1.807) is 19.2 Å². The summed E-state index contributed by atoms with van der Waals surface area (Å²) in [6, 6.07) is 15.4. The minimum atomic E-state index is -0.124. The lowest BCUT2D eigenvalue weighted by atomic mass is 10.1. The molecule has 124 valence electrons. The maximum absolute atomic E-state index is 12.3. The van der Waals surface area contributed by atoms with Gasteiger partial charge < -0.3 is 10.6 Å². The van der Waals surface area contributed by atoms with Gasteiger partial charge in [-0.2, -0.15) is 0 Å². The minimum Gasteiger partial charge on any atom is -0.355 e. The highest BCUT2D eigenvalue weighted by Gasteiger charge is 2.43. The predicted molar refractivity (Wildman–Crippen MR) is 96.7 cm³/mol. The zero-order valence-corrected chi connectivity index (χ0v) is 15.0. The molecular formula is C19H19BrN2O2. The molecular weight excluding hydrogens is 368 g/mol. The van der Waals surface area contributed by atoms with Crippen LogP contribution in [0.1, 0.15) is 33.8 Å². The number of benzene rings is 2. The smallest absolute Gasteiger partial charge is 0.251 e. The Morgan fingerprint density at radius 1 is 1.17 bits per heavy atom. The molecule has 4 nitrogen and oxygen atoms in total. The summed E-state index contributed by atoms with van der Waals surface area (Å²) in [6.45, 7) is 0.438. The summed E-state index contributed by atoms with van der Waals surface area (Å²) >= 11 is 3.42. The molecule has 3 rings (SSSR count). The summed E-state index contributed by atoms with van der Waals surface area (Å²) in [7, 11) is 1.60. The van der Waals surface area contributed by atoms with Crippen LogP contribution >= 0.6 is 15.9 Å². The highest BCUT2D eigenvalue weighted by Crippen LogP contribution is 2.47. The molecule has 2 aromatic rings. The van der Waals surface area contributed by atoms with Gasteiger partial charge in [0.2, 0.25) is 5.91 Å². The maximum Gasteiger partial charge on any atom is 0.251 e. The lowest BCUT2D eigenvalue weighted by molar-refractivity contribution is -0.122. The van der Waals surface area contributed by atoms with Crippen molar-refractivity contribution in [2.24, 2.45) is 5.92 Å². The van der Waals surface area contributed by atoms with Crippen molar-refractivity contribution >= 4 is 27.7 Å².